The van der Waals surface area contributed by atoms with E-state index in [1.54, 1.807) is 11.8 Å². The summed E-state index contributed by atoms with van der Waals surface area (Å²) in [7, 11) is 0. The number of carbonyl (C=O) groups is 1. The van der Waals surface area contributed by atoms with Crippen LogP contribution in [0.15, 0.2) is 47.4 Å². The Hall–Kier alpha value is -2.27. The average molecular weight is 366 g/mol. The standard InChI is InChI=1S/C21H23N3OS/c1-14-9-10-24-19-8-5-16(12-18(19)23-20(24)11-14)21(25)22-13-15-3-6-17(26-2)7-4-15/h3-8,12,14H,9-11,13H2,1-2H3,(H,22,25). The molecule has 2 aromatic carbocycles. The quantitative estimate of drug-likeness (QED) is 0.702. The molecule has 1 aliphatic heterocycles. The zero-order chi connectivity index (χ0) is 18.1. The maximum Gasteiger partial charge on any atom is 0.251 e. The fourth-order valence-electron chi connectivity index (χ4n) is 3.52. The van der Waals surface area contributed by atoms with E-state index in [0.29, 0.717) is 18.0 Å². The number of rotatable bonds is 4. The largest absolute Gasteiger partial charge is 0.348 e. The Morgan fingerprint density at radius 2 is 2.08 bits per heavy atom. The number of amides is 1. The molecule has 0 fully saturated rings. The number of nitrogens with one attached hydrogen (secondary N) is 1. The molecule has 1 aliphatic rings. The molecule has 134 valence electrons. The molecule has 26 heavy (non-hydrogen) atoms. The van der Waals surface area contributed by atoms with Crippen molar-refractivity contribution >= 4 is 28.7 Å². The molecule has 4 nitrogen and oxygen atoms in total. The SMILES string of the molecule is CSc1ccc(CNC(=O)c2ccc3c(c2)nc2n3CCC(C)C2)cc1. The maximum atomic E-state index is 12.5. The van der Waals surface area contributed by atoms with E-state index < -0.39 is 0 Å². The van der Waals surface area contributed by atoms with Gasteiger partial charge in [0, 0.05) is 30.0 Å². The summed E-state index contributed by atoms with van der Waals surface area (Å²) in [6.45, 7) is 3.82. The maximum absolute atomic E-state index is 12.5. The van der Waals surface area contributed by atoms with E-state index in [4.69, 9.17) is 4.98 Å². The van der Waals surface area contributed by atoms with E-state index in [-0.39, 0.29) is 5.91 Å². The highest BCUT2D eigenvalue weighted by Crippen LogP contribution is 2.25. The number of carbonyl (C=O) groups excluding carboxylic acids is 1. The van der Waals surface area contributed by atoms with E-state index in [0.717, 1.165) is 35.4 Å². The first-order valence-electron chi connectivity index (χ1n) is 9.04. The third kappa shape index (κ3) is 3.36. The van der Waals surface area contributed by atoms with E-state index >= 15 is 0 Å². The van der Waals surface area contributed by atoms with Crippen molar-refractivity contribution in [2.24, 2.45) is 5.92 Å². The van der Waals surface area contributed by atoms with Crippen molar-refractivity contribution in [2.45, 2.75) is 37.8 Å². The monoisotopic (exact) mass is 365 g/mol. The summed E-state index contributed by atoms with van der Waals surface area (Å²) in [6.07, 6.45) is 4.26. The second kappa shape index (κ2) is 7.16. The van der Waals surface area contributed by atoms with Crippen LogP contribution in [0.4, 0.5) is 0 Å². The second-order valence-corrected chi connectivity index (χ2v) is 7.89. The molecular formula is C21H23N3OS. The molecule has 0 saturated carbocycles. The van der Waals surface area contributed by atoms with Gasteiger partial charge in [0.2, 0.25) is 0 Å². The number of hydrogen-bond acceptors (Lipinski definition) is 3. The number of aromatic nitrogens is 2. The van der Waals surface area contributed by atoms with Gasteiger partial charge in [0.1, 0.15) is 5.82 Å². The van der Waals surface area contributed by atoms with Gasteiger partial charge in [-0.2, -0.15) is 0 Å². The van der Waals surface area contributed by atoms with Crippen molar-refractivity contribution in [3.8, 4) is 0 Å². The molecule has 0 aliphatic carbocycles. The van der Waals surface area contributed by atoms with Crippen molar-refractivity contribution in [3.63, 3.8) is 0 Å². The highest BCUT2D eigenvalue weighted by atomic mass is 32.2. The van der Waals surface area contributed by atoms with E-state index in [1.807, 2.05) is 18.2 Å². The number of fused-ring (bicyclic) bond motifs is 3. The lowest BCUT2D eigenvalue weighted by atomic mass is 10.0. The molecule has 1 unspecified atom stereocenters. The highest BCUT2D eigenvalue weighted by molar-refractivity contribution is 7.98. The first-order chi connectivity index (χ1) is 12.6. The lowest BCUT2D eigenvalue weighted by molar-refractivity contribution is 0.0951. The van der Waals surface area contributed by atoms with Gasteiger partial charge in [0.25, 0.3) is 5.91 Å². The first kappa shape index (κ1) is 17.2. The Labute approximate surface area is 158 Å². The van der Waals surface area contributed by atoms with Crippen LogP contribution in [0.1, 0.15) is 35.1 Å². The molecule has 5 heteroatoms. The minimum absolute atomic E-state index is 0.0554. The fourth-order valence-corrected chi connectivity index (χ4v) is 3.93. The molecule has 0 spiro atoms. The topological polar surface area (TPSA) is 46.9 Å². The van der Waals surface area contributed by atoms with Crippen LogP contribution in [-0.4, -0.2) is 21.7 Å². The Morgan fingerprint density at radius 1 is 1.27 bits per heavy atom. The van der Waals surface area contributed by atoms with E-state index in [1.165, 1.54) is 11.3 Å². The van der Waals surface area contributed by atoms with E-state index in [2.05, 4.69) is 47.3 Å². The number of thioether (sulfide) groups is 1. The Balaban J connectivity index is 1.49. The summed E-state index contributed by atoms with van der Waals surface area (Å²) in [4.78, 5) is 18.5. The third-order valence-electron chi connectivity index (χ3n) is 5.08. The average Bonchev–Trinajstić information content (AvgIpc) is 3.02. The summed E-state index contributed by atoms with van der Waals surface area (Å²) in [6, 6.07) is 14.1. The summed E-state index contributed by atoms with van der Waals surface area (Å²) in [5.41, 5.74) is 3.83. The predicted octanol–water partition coefficient (Wildman–Crippen LogP) is 4.27. The summed E-state index contributed by atoms with van der Waals surface area (Å²) in [5, 5.41) is 3.01. The number of nitrogens with zero attached hydrogens (tertiary/aromatic N) is 2. The molecule has 0 bridgehead atoms. The van der Waals surface area contributed by atoms with Crippen molar-refractivity contribution < 1.29 is 4.79 Å². The molecule has 2 heterocycles. The van der Waals surface area contributed by atoms with Gasteiger partial charge >= 0.3 is 0 Å². The summed E-state index contributed by atoms with van der Waals surface area (Å²) >= 11 is 1.71. The number of imidazole rings is 1. The van der Waals surface area contributed by atoms with Gasteiger partial charge in [0.15, 0.2) is 0 Å². The van der Waals surface area contributed by atoms with Gasteiger partial charge in [-0.05, 0) is 54.5 Å². The van der Waals surface area contributed by atoms with Gasteiger partial charge in [-0.25, -0.2) is 4.98 Å². The minimum atomic E-state index is -0.0554. The molecular weight excluding hydrogens is 342 g/mol. The van der Waals surface area contributed by atoms with Crippen molar-refractivity contribution in [2.75, 3.05) is 6.26 Å². The Morgan fingerprint density at radius 3 is 2.85 bits per heavy atom. The molecule has 1 atom stereocenters. The number of benzene rings is 2. The molecule has 0 saturated heterocycles. The van der Waals surface area contributed by atoms with Crippen LogP contribution in [0.2, 0.25) is 0 Å². The van der Waals surface area contributed by atoms with Crippen LogP contribution in [0, 0.1) is 5.92 Å². The lowest BCUT2D eigenvalue weighted by Crippen LogP contribution is -2.22. The lowest BCUT2D eigenvalue weighted by Gasteiger charge is -2.19. The van der Waals surface area contributed by atoms with Gasteiger partial charge in [-0.1, -0.05) is 19.1 Å². The summed E-state index contributed by atoms with van der Waals surface area (Å²) in [5.74, 6) is 1.77. The van der Waals surface area contributed by atoms with Crippen LogP contribution >= 0.6 is 11.8 Å². The predicted molar refractivity (Wildman–Crippen MR) is 107 cm³/mol. The highest BCUT2D eigenvalue weighted by Gasteiger charge is 2.19. The van der Waals surface area contributed by atoms with Crippen LogP contribution < -0.4 is 5.32 Å². The first-order valence-corrected chi connectivity index (χ1v) is 10.3. The van der Waals surface area contributed by atoms with Crippen LogP contribution in [0.5, 0.6) is 0 Å². The van der Waals surface area contributed by atoms with Crippen LogP contribution in [0.3, 0.4) is 0 Å². The van der Waals surface area contributed by atoms with Gasteiger partial charge in [-0.3, -0.25) is 4.79 Å². The van der Waals surface area contributed by atoms with Gasteiger partial charge < -0.3 is 9.88 Å². The molecule has 3 aromatic rings. The second-order valence-electron chi connectivity index (χ2n) is 7.01. The third-order valence-corrected chi connectivity index (χ3v) is 5.82. The van der Waals surface area contributed by atoms with Crippen LogP contribution in [-0.2, 0) is 19.5 Å². The van der Waals surface area contributed by atoms with Gasteiger partial charge in [-0.15, -0.1) is 11.8 Å². The molecule has 0 radical (unpaired) electrons. The zero-order valence-corrected chi connectivity index (χ0v) is 16.0. The van der Waals surface area contributed by atoms with Crippen LogP contribution in [0.25, 0.3) is 11.0 Å². The smallest absolute Gasteiger partial charge is 0.251 e. The normalized spacial score (nSPS) is 16.5. The molecule has 1 amide bonds. The number of aryl methyl sites for hydroxylation is 1. The Kier molecular flexibility index (Phi) is 4.72. The fraction of sp³-hybridized carbons (Fsp3) is 0.333. The molecule has 1 aromatic heterocycles. The van der Waals surface area contributed by atoms with Crippen molar-refractivity contribution in [3.05, 3.63) is 59.4 Å². The summed E-state index contributed by atoms with van der Waals surface area (Å²) < 4.78 is 2.30. The van der Waals surface area contributed by atoms with E-state index in [9.17, 15) is 4.79 Å². The van der Waals surface area contributed by atoms with Gasteiger partial charge in [0.05, 0.1) is 11.0 Å². The van der Waals surface area contributed by atoms with Crippen molar-refractivity contribution in [1.82, 2.24) is 14.9 Å². The molecule has 4 rings (SSSR count). The van der Waals surface area contributed by atoms with Crippen molar-refractivity contribution in [1.29, 1.82) is 0 Å². The number of hydrogen-bond donors (Lipinski definition) is 1. The zero-order valence-electron chi connectivity index (χ0n) is 15.2. The Bertz CT molecular complexity index is 946. The minimum Gasteiger partial charge on any atom is -0.348 e. The molecule has 1 N–H and O–H groups in total.